The summed E-state index contributed by atoms with van der Waals surface area (Å²) in [6, 6.07) is 10.4. The van der Waals surface area contributed by atoms with Gasteiger partial charge in [-0.3, -0.25) is 9.59 Å². The van der Waals surface area contributed by atoms with Crippen LogP contribution in [0, 0.1) is 6.92 Å². The predicted octanol–water partition coefficient (Wildman–Crippen LogP) is 2.35. The number of carbonyl (C=O) groups is 1. The van der Waals surface area contributed by atoms with Gasteiger partial charge in [-0.2, -0.15) is 0 Å². The quantitative estimate of drug-likeness (QED) is 0.916. The lowest BCUT2D eigenvalue weighted by molar-refractivity contribution is 0.0983. The van der Waals surface area contributed by atoms with Gasteiger partial charge in [0.25, 0.3) is 5.91 Å². The highest BCUT2D eigenvalue weighted by molar-refractivity contribution is 6.04. The zero-order valence-corrected chi connectivity index (χ0v) is 11.0. The number of nitrogens with zero attached hydrogens (tertiary/aromatic N) is 1. The third-order valence-corrected chi connectivity index (χ3v) is 2.88. The molecule has 0 aliphatic heterocycles. The zero-order valence-electron chi connectivity index (χ0n) is 11.0. The van der Waals surface area contributed by atoms with Gasteiger partial charge in [0.1, 0.15) is 5.69 Å². The third kappa shape index (κ3) is 2.91. The fourth-order valence-electron chi connectivity index (χ4n) is 1.95. The maximum atomic E-state index is 12.4. The van der Waals surface area contributed by atoms with Gasteiger partial charge < -0.3 is 9.88 Å². The zero-order chi connectivity index (χ0) is 13.8. The number of anilines is 1. The summed E-state index contributed by atoms with van der Waals surface area (Å²) < 4.78 is 0. The van der Waals surface area contributed by atoms with E-state index in [1.165, 1.54) is 18.3 Å². The summed E-state index contributed by atoms with van der Waals surface area (Å²) in [5, 5.41) is 0. The highest BCUT2D eigenvalue weighted by Crippen LogP contribution is 2.17. The molecule has 2 rings (SSSR count). The second-order valence-corrected chi connectivity index (χ2v) is 4.33. The van der Waals surface area contributed by atoms with E-state index in [1.54, 1.807) is 4.90 Å². The van der Waals surface area contributed by atoms with Crippen LogP contribution in [0.15, 0.2) is 47.4 Å². The van der Waals surface area contributed by atoms with Crippen LogP contribution in [0.4, 0.5) is 5.69 Å². The van der Waals surface area contributed by atoms with E-state index in [0.29, 0.717) is 12.2 Å². The van der Waals surface area contributed by atoms with Crippen molar-refractivity contribution in [1.82, 2.24) is 4.98 Å². The number of aromatic amines is 1. The van der Waals surface area contributed by atoms with Crippen LogP contribution in [-0.2, 0) is 0 Å². The van der Waals surface area contributed by atoms with E-state index in [1.807, 2.05) is 38.1 Å². The number of hydrogen-bond donors (Lipinski definition) is 1. The molecule has 0 radical (unpaired) electrons. The maximum absolute atomic E-state index is 12.4. The first-order valence-electron chi connectivity index (χ1n) is 6.19. The van der Waals surface area contributed by atoms with Gasteiger partial charge in [-0.25, -0.2) is 0 Å². The van der Waals surface area contributed by atoms with Gasteiger partial charge in [0.15, 0.2) is 5.43 Å². The van der Waals surface area contributed by atoms with Crippen molar-refractivity contribution < 1.29 is 4.79 Å². The molecular formula is C15H16N2O2. The molecule has 19 heavy (non-hydrogen) atoms. The summed E-state index contributed by atoms with van der Waals surface area (Å²) in [6.45, 7) is 4.42. The van der Waals surface area contributed by atoms with E-state index in [2.05, 4.69) is 4.98 Å². The van der Waals surface area contributed by atoms with Crippen LogP contribution < -0.4 is 10.3 Å². The van der Waals surface area contributed by atoms with Crippen molar-refractivity contribution in [1.29, 1.82) is 0 Å². The third-order valence-electron chi connectivity index (χ3n) is 2.88. The van der Waals surface area contributed by atoms with Gasteiger partial charge in [-0.05, 0) is 31.5 Å². The Kier molecular flexibility index (Phi) is 3.80. The summed E-state index contributed by atoms with van der Waals surface area (Å²) in [6.07, 6.45) is 1.49. The van der Waals surface area contributed by atoms with Crippen LogP contribution in [0.25, 0.3) is 0 Å². The lowest BCUT2D eigenvalue weighted by atomic mass is 10.2. The van der Waals surface area contributed by atoms with Gasteiger partial charge in [0.2, 0.25) is 0 Å². The molecule has 4 nitrogen and oxygen atoms in total. The molecule has 0 aliphatic carbocycles. The number of aryl methyl sites for hydroxylation is 1. The minimum absolute atomic E-state index is 0.178. The predicted molar refractivity (Wildman–Crippen MR) is 75.6 cm³/mol. The van der Waals surface area contributed by atoms with Crippen LogP contribution in [-0.4, -0.2) is 17.4 Å². The van der Waals surface area contributed by atoms with Gasteiger partial charge in [-0.15, -0.1) is 0 Å². The molecule has 0 unspecified atom stereocenters. The first kappa shape index (κ1) is 13.1. The number of aromatic nitrogens is 1. The number of rotatable bonds is 3. The molecule has 0 fully saturated rings. The molecule has 1 N–H and O–H groups in total. The normalized spacial score (nSPS) is 10.2. The number of H-pyrrole nitrogens is 1. The number of nitrogens with one attached hydrogen (secondary N) is 1. The molecular weight excluding hydrogens is 240 g/mol. The van der Waals surface area contributed by atoms with Crippen molar-refractivity contribution in [2.45, 2.75) is 13.8 Å². The number of hydrogen-bond acceptors (Lipinski definition) is 2. The molecule has 1 aromatic heterocycles. The van der Waals surface area contributed by atoms with Crippen LogP contribution in [0.2, 0.25) is 0 Å². The summed E-state index contributed by atoms with van der Waals surface area (Å²) in [5.41, 5.74) is 2.04. The lowest BCUT2D eigenvalue weighted by Gasteiger charge is -2.21. The molecule has 98 valence electrons. The minimum Gasteiger partial charge on any atom is -0.357 e. The average molecular weight is 256 g/mol. The van der Waals surface area contributed by atoms with Crippen LogP contribution in [0.3, 0.4) is 0 Å². The molecule has 1 aromatic carbocycles. The van der Waals surface area contributed by atoms with Crippen molar-refractivity contribution in [3.8, 4) is 0 Å². The Labute approximate surface area is 111 Å². The van der Waals surface area contributed by atoms with Crippen molar-refractivity contribution in [2.75, 3.05) is 11.4 Å². The standard InChI is InChI=1S/C15H16N2O2/c1-3-17(12-6-4-5-11(2)9-12)15(19)14-10-13(18)7-8-16-14/h4-10H,3H2,1-2H3,(H,16,18). The Hall–Kier alpha value is -2.36. The molecule has 4 heteroatoms. The second-order valence-electron chi connectivity index (χ2n) is 4.33. The van der Waals surface area contributed by atoms with Crippen LogP contribution >= 0.6 is 0 Å². The topological polar surface area (TPSA) is 53.2 Å². The van der Waals surface area contributed by atoms with Gasteiger partial charge in [0, 0.05) is 30.6 Å². The summed E-state index contributed by atoms with van der Waals surface area (Å²) in [5.74, 6) is -0.203. The van der Waals surface area contributed by atoms with Gasteiger partial charge in [0.05, 0.1) is 0 Å². The molecule has 0 atom stereocenters. The van der Waals surface area contributed by atoms with Crippen molar-refractivity contribution >= 4 is 11.6 Å². The van der Waals surface area contributed by atoms with Crippen molar-refractivity contribution in [3.05, 3.63) is 64.1 Å². The Morgan fingerprint density at radius 2 is 2.05 bits per heavy atom. The van der Waals surface area contributed by atoms with E-state index < -0.39 is 0 Å². The first-order valence-corrected chi connectivity index (χ1v) is 6.19. The van der Waals surface area contributed by atoms with Crippen molar-refractivity contribution in [2.24, 2.45) is 0 Å². The SMILES string of the molecule is CCN(C(=O)c1cc(=O)cc[nH]1)c1cccc(C)c1. The highest BCUT2D eigenvalue weighted by atomic mass is 16.2. The highest BCUT2D eigenvalue weighted by Gasteiger charge is 2.16. The van der Waals surface area contributed by atoms with Gasteiger partial charge in [-0.1, -0.05) is 12.1 Å². The Bertz CT molecular complexity index is 646. The summed E-state index contributed by atoms with van der Waals surface area (Å²) in [4.78, 5) is 28.2. The van der Waals surface area contributed by atoms with E-state index in [9.17, 15) is 9.59 Å². The van der Waals surface area contributed by atoms with E-state index in [4.69, 9.17) is 0 Å². The molecule has 0 bridgehead atoms. The number of carbonyl (C=O) groups excluding carboxylic acids is 1. The fourth-order valence-corrected chi connectivity index (χ4v) is 1.95. The Morgan fingerprint density at radius 1 is 1.26 bits per heavy atom. The molecule has 0 saturated heterocycles. The van der Waals surface area contributed by atoms with Crippen molar-refractivity contribution in [3.63, 3.8) is 0 Å². The molecule has 0 spiro atoms. The average Bonchev–Trinajstić information content (AvgIpc) is 2.39. The molecule has 1 amide bonds. The number of benzene rings is 1. The van der Waals surface area contributed by atoms with E-state index in [0.717, 1.165) is 11.3 Å². The Morgan fingerprint density at radius 3 is 2.68 bits per heavy atom. The molecule has 0 saturated carbocycles. The minimum atomic E-state index is -0.203. The fraction of sp³-hybridized carbons (Fsp3) is 0.200. The number of pyridine rings is 1. The monoisotopic (exact) mass is 256 g/mol. The lowest BCUT2D eigenvalue weighted by Crippen LogP contribution is -2.31. The summed E-state index contributed by atoms with van der Waals surface area (Å²) >= 11 is 0. The van der Waals surface area contributed by atoms with Crippen LogP contribution in [0.5, 0.6) is 0 Å². The van der Waals surface area contributed by atoms with Crippen LogP contribution in [0.1, 0.15) is 23.0 Å². The summed E-state index contributed by atoms with van der Waals surface area (Å²) in [7, 11) is 0. The maximum Gasteiger partial charge on any atom is 0.274 e. The Balaban J connectivity index is 2.37. The molecule has 0 aliphatic rings. The van der Waals surface area contributed by atoms with E-state index in [-0.39, 0.29) is 11.3 Å². The van der Waals surface area contributed by atoms with E-state index >= 15 is 0 Å². The molecule has 2 aromatic rings. The second kappa shape index (κ2) is 5.52. The smallest absolute Gasteiger partial charge is 0.274 e. The van der Waals surface area contributed by atoms with Gasteiger partial charge >= 0.3 is 0 Å². The largest absolute Gasteiger partial charge is 0.357 e. The number of amides is 1. The first-order chi connectivity index (χ1) is 9.11. The molecule has 1 heterocycles.